The molecular formula is C34H32N4OS2. The molecule has 0 saturated carbocycles. The first-order chi connectivity index (χ1) is 19.7. The van der Waals surface area contributed by atoms with Crippen LogP contribution in [-0.2, 0) is 4.79 Å². The number of thiazole rings is 2. The number of nitrogen functional groups attached to an aromatic ring is 1. The number of amides is 1. The summed E-state index contributed by atoms with van der Waals surface area (Å²) in [4.78, 5) is 21.7. The Kier molecular flexibility index (Phi) is 7.09. The Hall–Kier alpha value is -4.07. The van der Waals surface area contributed by atoms with E-state index in [0.717, 1.165) is 53.8 Å². The fourth-order valence-corrected chi connectivity index (χ4v) is 7.03. The SMILES string of the molecule is CC(=O)Nc1nc2c(-c3ccc(C(C)C)cc3)c(-c3cccc4sc(N)nc34)c(-c3ccc(C(C)C)cc3)cc2s1. The second-order valence-electron chi connectivity index (χ2n) is 11.0. The largest absolute Gasteiger partial charge is 0.375 e. The molecule has 0 fully saturated rings. The molecule has 0 unspecified atom stereocenters. The van der Waals surface area contributed by atoms with E-state index in [2.05, 4.69) is 106 Å². The smallest absolute Gasteiger partial charge is 0.223 e. The molecule has 4 aromatic carbocycles. The van der Waals surface area contributed by atoms with Crippen LogP contribution >= 0.6 is 22.7 Å². The van der Waals surface area contributed by atoms with E-state index in [1.165, 1.54) is 40.7 Å². The zero-order valence-corrected chi connectivity index (χ0v) is 25.4. The van der Waals surface area contributed by atoms with Crippen LogP contribution in [0.25, 0.3) is 53.8 Å². The minimum atomic E-state index is -0.140. The average molecular weight is 577 g/mol. The van der Waals surface area contributed by atoms with Gasteiger partial charge in [0.2, 0.25) is 5.91 Å². The van der Waals surface area contributed by atoms with Crippen molar-refractivity contribution in [2.45, 2.75) is 46.5 Å². The molecule has 2 heterocycles. The molecule has 6 aromatic rings. The standard InChI is InChI=1S/C34H32N4OS2/c1-18(2)21-9-13-23(14-10-21)26-17-28-32(38-34(41-28)36-20(5)39)29(24-15-11-22(12-16-24)19(3)4)30(26)25-7-6-8-27-31(25)37-33(35)40-27/h6-19H,1-5H3,(H2,35,37)(H,36,38,39). The van der Waals surface area contributed by atoms with Crippen LogP contribution < -0.4 is 11.1 Å². The number of fused-ring (bicyclic) bond motifs is 2. The number of anilines is 2. The van der Waals surface area contributed by atoms with Crippen LogP contribution in [-0.4, -0.2) is 15.9 Å². The van der Waals surface area contributed by atoms with Crippen molar-refractivity contribution in [3.63, 3.8) is 0 Å². The molecule has 5 nitrogen and oxygen atoms in total. The Morgan fingerprint density at radius 1 is 0.732 bits per heavy atom. The number of hydrogen-bond acceptors (Lipinski definition) is 6. The molecule has 0 atom stereocenters. The van der Waals surface area contributed by atoms with Crippen molar-refractivity contribution < 1.29 is 4.79 Å². The molecule has 0 spiro atoms. The summed E-state index contributed by atoms with van der Waals surface area (Å²) in [6, 6.07) is 26.1. The lowest BCUT2D eigenvalue weighted by atomic mass is 9.85. The van der Waals surface area contributed by atoms with Crippen LogP contribution in [0.3, 0.4) is 0 Å². The topological polar surface area (TPSA) is 80.9 Å². The summed E-state index contributed by atoms with van der Waals surface area (Å²) < 4.78 is 2.05. The van der Waals surface area contributed by atoms with Gasteiger partial charge in [0.05, 0.1) is 20.4 Å². The number of nitrogens with one attached hydrogen (secondary N) is 1. The molecule has 0 aliphatic carbocycles. The van der Waals surface area contributed by atoms with Crippen LogP contribution in [0, 0.1) is 0 Å². The Labute approximate surface area is 248 Å². The summed E-state index contributed by atoms with van der Waals surface area (Å²) in [5, 5.41) is 4.04. The molecule has 7 heteroatoms. The van der Waals surface area contributed by atoms with Gasteiger partial charge in [-0.25, -0.2) is 9.97 Å². The van der Waals surface area contributed by atoms with E-state index in [0.29, 0.717) is 22.1 Å². The Balaban J connectivity index is 1.74. The summed E-state index contributed by atoms with van der Waals surface area (Å²) in [7, 11) is 0. The number of aromatic nitrogens is 2. The minimum absolute atomic E-state index is 0.140. The van der Waals surface area contributed by atoms with Crippen LogP contribution in [0.1, 0.15) is 57.6 Å². The molecule has 0 bridgehead atoms. The van der Waals surface area contributed by atoms with Crippen LogP contribution in [0.5, 0.6) is 0 Å². The molecule has 1 amide bonds. The lowest BCUT2D eigenvalue weighted by Gasteiger charge is -2.19. The van der Waals surface area contributed by atoms with Crippen LogP contribution in [0.4, 0.5) is 10.3 Å². The van der Waals surface area contributed by atoms with E-state index < -0.39 is 0 Å². The van der Waals surface area contributed by atoms with Crippen molar-refractivity contribution in [3.8, 4) is 33.4 Å². The van der Waals surface area contributed by atoms with E-state index in [1.54, 1.807) is 0 Å². The van der Waals surface area contributed by atoms with E-state index in [9.17, 15) is 4.79 Å². The van der Waals surface area contributed by atoms with Gasteiger partial charge in [-0.3, -0.25) is 4.79 Å². The van der Waals surface area contributed by atoms with Gasteiger partial charge >= 0.3 is 0 Å². The van der Waals surface area contributed by atoms with E-state index in [4.69, 9.17) is 15.7 Å². The number of nitrogens with two attached hydrogens (primary N) is 1. The maximum absolute atomic E-state index is 12.0. The molecule has 0 radical (unpaired) electrons. The predicted molar refractivity (Wildman–Crippen MR) is 176 cm³/mol. The molecule has 6 rings (SSSR count). The number of carbonyl (C=O) groups excluding carboxylic acids is 1. The van der Waals surface area contributed by atoms with Gasteiger partial charge in [0.15, 0.2) is 10.3 Å². The van der Waals surface area contributed by atoms with Crippen LogP contribution in [0.15, 0.2) is 72.8 Å². The summed E-state index contributed by atoms with van der Waals surface area (Å²) in [6.07, 6.45) is 0. The van der Waals surface area contributed by atoms with Gasteiger partial charge in [-0.2, -0.15) is 0 Å². The summed E-state index contributed by atoms with van der Waals surface area (Å²) >= 11 is 2.99. The van der Waals surface area contributed by atoms with Gasteiger partial charge in [-0.05, 0) is 51.8 Å². The fourth-order valence-electron chi connectivity index (χ4n) is 5.31. The Morgan fingerprint density at radius 3 is 1.98 bits per heavy atom. The van der Waals surface area contributed by atoms with E-state index >= 15 is 0 Å². The summed E-state index contributed by atoms with van der Waals surface area (Å²) in [5.74, 6) is 0.723. The number of carbonyl (C=O) groups is 1. The van der Waals surface area contributed by atoms with Crippen molar-refractivity contribution in [1.29, 1.82) is 0 Å². The van der Waals surface area contributed by atoms with Crippen molar-refractivity contribution in [1.82, 2.24) is 9.97 Å². The van der Waals surface area contributed by atoms with Gasteiger partial charge in [0.25, 0.3) is 0 Å². The minimum Gasteiger partial charge on any atom is -0.375 e. The van der Waals surface area contributed by atoms with Crippen molar-refractivity contribution in [2.24, 2.45) is 0 Å². The average Bonchev–Trinajstić information content (AvgIpc) is 3.53. The lowest BCUT2D eigenvalue weighted by molar-refractivity contribution is -0.114. The first-order valence-electron chi connectivity index (χ1n) is 13.8. The third kappa shape index (κ3) is 5.11. The monoisotopic (exact) mass is 576 g/mol. The fraction of sp³-hybridized carbons (Fsp3) is 0.206. The number of para-hydroxylation sites is 1. The van der Waals surface area contributed by atoms with Gasteiger partial charge < -0.3 is 11.1 Å². The van der Waals surface area contributed by atoms with Crippen molar-refractivity contribution >= 4 is 59.3 Å². The second kappa shape index (κ2) is 10.7. The maximum atomic E-state index is 12.0. The first kappa shape index (κ1) is 27.1. The maximum Gasteiger partial charge on any atom is 0.223 e. The molecule has 0 saturated heterocycles. The van der Waals surface area contributed by atoms with Crippen molar-refractivity contribution in [3.05, 3.63) is 83.9 Å². The molecule has 206 valence electrons. The quantitative estimate of drug-likeness (QED) is 0.207. The second-order valence-corrected chi connectivity index (χ2v) is 13.1. The van der Waals surface area contributed by atoms with Crippen molar-refractivity contribution in [2.75, 3.05) is 11.1 Å². The van der Waals surface area contributed by atoms with E-state index in [1.807, 2.05) is 0 Å². The highest BCUT2D eigenvalue weighted by Gasteiger charge is 2.24. The summed E-state index contributed by atoms with van der Waals surface area (Å²) in [6.45, 7) is 10.3. The molecule has 41 heavy (non-hydrogen) atoms. The third-order valence-electron chi connectivity index (χ3n) is 7.43. The van der Waals surface area contributed by atoms with Crippen LogP contribution in [0.2, 0.25) is 0 Å². The van der Waals surface area contributed by atoms with Gasteiger partial charge in [-0.1, -0.05) is 111 Å². The number of rotatable bonds is 6. The number of nitrogens with zero attached hydrogens (tertiary/aromatic N) is 2. The first-order valence-corrected chi connectivity index (χ1v) is 15.4. The third-order valence-corrected chi connectivity index (χ3v) is 9.19. The van der Waals surface area contributed by atoms with E-state index in [-0.39, 0.29) is 5.91 Å². The summed E-state index contributed by atoms with van der Waals surface area (Å²) in [5.41, 5.74) is 16.9. The number of hydrogen-bond donors (Lipinski definition) is 2. The van der Waals surface area contributed by atoms with Gasteiger partial charge in [-0.15, -0.1) is 0 Å². The highest BCUT2D eigenvalue weighted by Crippen LogP contribution is 2.48. The molecular weight excluding hydrogens is 545 g/mol. The molecule has 0 aliphatic rings. The molecule has 3 N–H and O–H groups in total. The van der Waals surface area contributed by atoms with Gasteiger partial charge in [0, 0.05) is 23.6 Å². The predicted octanol–water partition coefficient (Wildman–Crippen LogP) is 9.69. The highest BCUT2D eigenvalue weighted by atomic mass is 32.1. The Bertz CT molecular complexity index is 1900. The normalized spacial score (nSPS) is 11.7. The Morgan fingerprint density at radius 2 is 1.37 bits per heavy atom. The van der Waals surface area contributed by atoms with Gasteiger partial charge in [0.1, 0.15) is 0 Å². The zero-order chi connectivity index (χ0) is 28.8. The number of benzene rings is 4. The highest BCUT2D eigenvalue weighted by molar-refractivity contribution is 7.22. The molecule has 0 aliphatic heterocycles. The zero-order valence-electron chi connectivity index (χ0n) is 23.8. The lowest BCUT2D eigenvalue weighted by Crippen LogP contribution is -2.04. The molecule has 2 aromatic heterocycles.